The van der Waals surface area contributed by atoms with Gasteiger partial charge in [-0.2, -0.15) is 0 Å². The highest BCUT2D eigenvalue weighted by atomic mass is 32.1. The van der Waals surface area contributed by atoms with Crippen LogP contribution in [0.3, 0.4) is 0 Å². The molecule has 0 unspecified atom stereocenters. The molecule has 1 amide bonds. The van der Waals surface area contributed by atoms with Gasteiger partial charge in [-0.05, 0) is 37.3 Å². The van der Waals surface area contributed by atoms with E-state index in [-0.39, 0.29) is 18.1 Å². The monoisotopic (exact) mass is 354 g/mol. The molecule has 3 aromatic rings. The predicted molar refractivity (Wildman–Crippen MR) is 99.7 cm³/mol. The lowest BCUT2D eigenvalue weighted by molar-refractivity contribution is -0.117. The number of amides is 1. The number of hydrogen-bond acceptors (Lipinski definition) is 5. The third-order valence-electron chi connectivity index (χ3n) is 3.97. The Kier molecular flexibility index (Phi) is 4.81. The molecule has 0 spiro atoms. The number of benzene rings is 2. The second-order valence-electron chi connectivity index (χ2n) is 5.68. The van der Waals surface area contributed by atoms with Crippen molar-refractivity contribution in [2.45, 2.75) is 13.3 Å². The van der Waals surface area contributed by atoms with E-state index in [1.165, 1.54) is 18.3 Å². The van der Waals surface area contributed by atoms with E-state index in [1.54, 1.807) is 37.3 Å². The average molecular weight is 354 g/mol. The first kappa shape index (κ1) is 17.1. The van der Waals surface area contributed by atoms with Crippen molar-refractivity contribution in [1.82, 2.24) is 4.98 Å². The number of para-hydroxylation sites is 1. The Balaban J connectivity index is 1.86. The highest BCUT2D eigenvalue weighted by Gasteiger charge is 2.18. The molecule has 5 nitrogen and oxygen atoms in total. The number of methoxy groups -OCH3 is 1. The number of rotatable bonds is 5. The number of thiazole rings is 1. The van der Waals surface area contributed by atoms with E-state index >= 15 is 0 Å². The van der Waals surface area contributed by atoms with Crippen LogP contribution in [0.5, 0.6) is 5.75 Å². The van der Waals surface area contributed by atoms with Crippen LogP contribution < -0.4 is 9.64 Å². The fourth-order valence-corrected chi connectivity index (χ4v) is 3.47. The third-order valence-corrected chi connectivity index (χ3v) is 5.09. The summed E-state index contributed by atoms with van der Waals surface area (Å²) in [5.74, 6) is 0.435. The summed E-state index contributed by atoms with van der Waals surface area (Å²) < 4.78 is 6.35. The first-order valence-electron chi connectivity index (χ1n) is 7.79. The predicted octanol–water partition coefficient (Wildman–Crippen LogP) is 3.71. The summed E-state index contributed by atoms with van der Waals surface area (Å²) in [4.78, 5) is 30.3. The molecule has 0 radical (unpaired) electrons. The van der Waals surface area contributed by atoms with Crippen molar-refractivity contribution in [2.24, 2.45) is 0 Å². The number of hydrogen-bond donors (Lipinski definition) is 0. The normalized spacial score (nSPS) is 10.7. The summed E-state index contributed by atoms with van der Waals surface area (Å²) >= 11 is 1.47. The van der Waals surface area contributed by atoms with Gasteiger partial charge in [-0.1, -0.05) is 23.5 Å². The summed E-state index contributed by atoms with van der Waals surface area (Å²) in [6.45, 7) is 1.50. The molecule has 2 aromatic carbocycles. The van der Waals surface area contributed by atoms with Crippen molar-refractivity contribution in [2.75, 3.05) is 19.1 Å². The molecule has 0 atom stereocenters. The first-order valence-corrected chi connectivity index (χ1v) is 8.61. The number of anilines is 1. The van der Waals surface area contributed by atoms with Crippen LogP contribution in [0.15, 0.2) is 42.5 Å². The van der Waals surface area contributed by atoms with Gasteiger partial charge in [0.15, 0.2) is 10.9 Å². The van der Waals surface area contributed by atoms with Crippen molar-refractivity contribution in [3.8, 4) is 5.75 Å². The maximum absolute atomic E-state index is 12.7. The minimum absolute atomic E-state index is 0.0455. The lowest BCUT2D eigenvalue weighted by Gasteiger charge is -2.15. The minimum Gasteiger partial charge on any atom is -0.496 e. The summed E-state index contributed by atoms with van der Waals surface area (Å²) in [6.07, 6.45) is 0.136. The number of nitrogens with zero attached hydrogens (tertiary/aromatic N) is 2. The van der Waals surface area contributed by atoms with Gasteiger partial charge in [0.05, 0.1) is 23.7 Å². The summed E-state index contributed by atoms with van der Waals surface area (Å²) in [5.41, 5.74) is 2.12. The zero-order valence-corrected chi connectivity index (χ0v) is 15.1. The van der Waals surface area contributed by atoms with Crippen LogP contribution in [-0.2, 0) is 11.2 Å². The molecule has 0 aliphatic rings. The van der Waals surface area contributed by atoms with Crippen molar-refractivity contribution < 1.29 is 14.3 Å². The summed E-state index contributed by atoms with van der Waals surface area (Å²) in [7, 11) is 3.26. The Bertz CT molecular complexity index is 916. The number of carbonyl (C=O) groups excluding carboxylic acids is 2. The molecule has 25 heavy (non-hydrogen) atoms. The number of Topliss-reactive ketones (excluding diaryl/α,β-unsaturated/α-hetero) is 1. The molecule has 3 rings (SSSR count). The van der Waals surface area contributed by atoms with Gasteiger partial charge in [0.2, 0.25) is 5.91 Å². The molecular formula is C19H18N2O3S. The quantitative estimate of drug-likeness (QED) is 0.655. The average Bonchev–Trinajstić information content (AvgIpc) is 3.04. The maximum atomic E-state index is 12.7. The van der Waals surface area contributed by atoms with Crippen molar-refractivity contribution in [3.05, 3.63) is 53.6 Å². The SMILES string of the molecule is COc1ccc(C(C)=O)cc1CC(=O)N(C)c1nc2ccccc2s1. The van der Waals surface area contributed by atoms with Gasteiger partial charge in [0.25, 0.3) is 0 Å². The molecule has 0 aliphatic heterocycles. The van der Waals surface area contributed by atoms with Crippen LogP contribution in [0, 0.1) is 0 Å². The van der Waals surface area contributed by atoms with E-state index in [0.29, 0.717) is 22.0 Å². The van der Waals surface area contributed by atoms with Crippen LogP contribution in [0.1, 0.15) is 22.8 Å². The Morgan fingerprint density at radius 3 is 2.64 bits per heavy atom. The van der Waals surface area contributed by atoms with Gasteiger partial charge in [-0.25, -0.2) is 4.98 Å². The molecule has 1 aromatic heterocycles. The third kappa shape index (κ3) is 3.53. The van der Waals surface area contributed by atoms with E-state index in [2.05, 4.69) is 4.98 Å². The minimum atomic E-state index is -0.113. The molecule has 128 valence electrons. The van der Waals surface area contributed by atoms with Crippen LogP contribution >= 0.6 is 11.3 Å². The Hall–Kier alpha value is -2.73. The number of aromatic nitrogens is 1. The highest BCUT2D eigenvalue weighted by Crippen LogP contribution is 2.29. The Morgan fingerprint density at radius 2 is 1.96 bits per heavy atom. The van der Waals surface area contributed by atoms with Gasteiger partial charge in [0.1, 0.15) is 5.75 Å². The fraction of sp³-hybridized carbons (Fsp3) is 0.211. The molecule has 0 bridgehead atoms. The fourth-order valence-electron chi connectivity index (χ4n) is 2.53. The Labute approximate surface area is 149 Å². The lowest BCUT2D eigenvalue weighted by atomic mass is 10.0. The number of likely N-dealkylation sites (N-methyl/N-ethyl adjacent to an activating group) is 1. The molecule has 1 heterocycles. The van der Waals surface area contributed by atoms with Crippen LogP contribution in [0.25, 0.3) is 10.2 Å². The number of ether oxygens (including phenoxy) is 1. The smallest absolute Gasteiger partial charge is 0.233 e. The van der Waals surface area contributed by atoms with E-state index in [0.717, 1.165) is 10.2 Å². The van der Waals surface area contributed by atoms with E-state index in [4.69, 9.17) is 4.74 Å². The molecule has 0 aliphatic carbocycles. The topological polar surface area (TPSA) is 59.5 Å². The number of ketones is 1. The molecular weight excluding hydrogens is 336 g/mol. The molecule has 0 saturated carbocycles. The zero-order valence-electron chi connectivity index (χ0n) is 14.3. The number of fused-ring (bicyclic) bond motifs is 1. The lowest BCUT2D eigenvalue weighted by Crippen LogP contribution is -2.27. The zero-order chi connectivity index (χ0) is 18.0. The van der Waals surface area contributed by atoms with Crippen LogP contribution in [0.4, 0.5) is 5.13 Å². The molecule has 0 saturated heterocycles. The van der Waals surface area contributed by atoms with E-state index in [9.17, 15) is 9.59 Å². The Morgan fingerprint density at radius 1 is 1.20 bits per heavy atom. The van der Waals surface area contributed by atoms with Crippen LogP contribution in [-0.4, -0.2) is 30.8 Å². The summed E-state index contributed by atoms with van der Waals surface area (Å²) in [5, 5.41) is 0.646. The standard InChI is InChI=1S/C19H18N2O3S/c1-12(22)13-8-9-16(24-3)14(10-13)11-18(23)21(2)19-20-15-6-4-5-7-17(15)25-19/h4-10H,11H2,1-3H3. The molecule has 6 heteroatoms. The molecule has 0 N–H and O–H groups in total. The van der Waals surface area contributed by atoms with Gasteiger partial charge in [-0.15, -0.1) is 0 Å². The first-order chi connectivity index (χ1) is 12.0. The van der Waals surface area contributed by atoms with Gasteiger partial charge >= 0.3 is 0 Å². The second kappa shape index (κ2) is 7.03. The molecule has 0 fully saturated rings. The maximum Gasteiger partial charge on any atom is 0.233 e. The van der Waals surface area contributed by atoms with Crippen LogP contribution in [0.2, 0.25) is 0 Å². The second-order valence-corrected chi connectivity index (χ2v) is 6.69. The van der Waals surface area contributed by atoms with Crippen molar-refractivity contribution in [3.63, 3.8) is 0 Å². The highest BCUT2D eigenvalue weighted by molar-refractivity contribution is 7.22. The summed E-state index contributed by atoms with van der Waals surface area (Å²) in [6, 6.07) is 12.9. The van der Waals surface area contributed by atoms with Gasteiger partial charge < -0.3 is 4.74 Å². The van der Waals surface area contributed by atoms with E-state index < -0.39 is 0 Å². The largest absolute Gasteiger partial charge is 0.496 e. The van der Waals surface area contributed by atoms with Crippen molar-refractivity contribution in [1.29, 1.82) is 0 Å². The number of carbonyl (C=O) groups is 2. The van der Waals surface area contributed by atoms with E-state index in [1.807, 2.05) is 24.3 Å². The van der Waals surface area contributed by atoms with Gasteiger partial charge in [0, 0.05) is 18.2 Å². The van der Waals surface area contributed by atoms with Crippen molar-refractivity contribution >= 4 is 38.4 Å². The van der Waals surface area contributed by atoms with Gasteiger partial charge in [-0.3, -0.25) is 14.5 Å².